The molecule has 3 aliphatic heterocycles. The quantitative estimate of drug-likeness (QED) is 0.835. The summed E-state index contributed by atoms with van der Waals surface area (Å²) in [4.78, 5) is 27.6. The molecule has 0 bridgehead atoms. The summed E-state index contributed by atoms with van der Waals surface area (Å²) in [6, 6.07) is 5.80. The van der Waals surface area contributed by atoms with Crippen LogP contribution in [0.2, 0.25) is 0 Å². The van der Waals surface area contributed by atoms with Crippen LogP contribution in [-0.4, -0.2) is 60.9 Å². The van der Waals surface area contributed by atoms with E-state index in [0.717, 1.165) is 17.1 Å². The molecule has 2 saturated heterocycles. The van der Waals surface area contributed by atoms with E-state index in [-0.39, 0.29) is 18.8 Å². The minimum atomic E-state index is -0.403. The number of ether oxygens (including phenoxy) is 3. The van der Waals surface area contributed by atoms with E-state index < -0.39 is 5.60 Å². The van der Waals surface area contributed by atoms with Crippen LogP contribution < -0.4 is 9.47 Å². The fourth-order valence-electron chi connectivity index (χ4n) is 3.72. The highest BCUT2D eigenvalue weighted by Crippen LogP contribution is 2.34. The Morgan fingerprint density at radius 1 is 1.20 bits per heavy atom. The van der Waals surface area contributed by atoms with Crippen LogP contribution in [0.5, 0.6) is 11.5 Å². The second-order valence-corrected chi connectivity index (χ2v) is 6.98. The van der Waals surface area contributed by atoms with Crippen molar-refractivity contribution >= 4 is 12.0 Å². The van der Waals surface area contributed by atoms with Gasteiger partial charge in [-0.15, -0.1) is 0 Å². The van der Waals surface area contributed by atoms with E-state index in [9.17, 15) is 9.59 Å². The van der Waals surface area contributed by atoms with Crippen LogP contribution in [0.15, 0.2) is 18.2 Å². The Hall–Kier alpha value is -2.44. The molecule has 7 heteroatoms. The Bertz CT molecular complexity index is 697. The number of amides is 2. The Balaban J connectivity index is 1.29. The number of benzene rings is 1. The number of likely N-dealkylation sites (N-methyl/N-ethyl adjacent to an activating group) is 1. The van der Waals surface area contributed by atoms with Crippen molar-refractivity contribution in [3.63, 3.8) is 0 Å². The molecule has 25 heavy (non-hydrogen) atoms. The summed E-state index contributed by atoms with van der Waals surface area (Å²) < 4.78 is 16.2. The molecular weight excluding hydrogens is 324 g/mol. The molecule has 1 spiro atoms. The first-order valence-corrected chi connectivity index (χ1v) is 8.65. The molecule has 1 aromatic carbocycles. The van der Waals surface area contributed by atoms with Gasteiger partial charge in [0, 0.05) is 39.4 Å². The maximum atomic E-state index is 12.5. The summed E-state index contributed by atoms with van der Waals surface area (Å²) in [7, 11) is 1.75. The van der Waals surface area contributed by atoms with Crippen molar-refractivity contribution in [3.05, 3.63) is 23.8 Å². The van der Waals surface area contributed by atoms with Gasteiger partial charge in [0.2, 0.25) is 12.7 Å². The predicted molar refractivity (Wildman–Crippen MR) is 88.5 cm³/mol. The van der Waals surface area contributed by atoms with E-state index in [1.165, 1.54) is 0 Å². The Kier molecular flexibility index (Phi) is 3.94. The second kappa shape index (κ2) is 6.13. The molecule has 3 heterocycles. The molecule has 0 aliphatic carbocycles. The van der Waals surface area contributed by atoms with Crippen LogP contribution in [0.4, 0.5) is 4.79 Å². The van der Waals surface area contributed by atoms with Crippen molar-refractivity contribution in [2.24, 2.45) is 0 Å². The molecule has 2 fully saturated rings. The van der Waals surface area contributed by atoms with Gasteiger partial charge in [-0.05, 0) is 24.1 Å². The molecule has 134 valence electrons. The number of hydrogen-bond donors (Lipinski definition) is 0. The smallest absolute Gasteiger partial charge is 0.410 e. The van der Waals surface area contributed by atoms with Gasteiger partial charge in [-0.1, -0.05) is 6.07 Å². The largest absolute Gasteiger partial charge is 0.454 e. The average Bonchev–Trinajstić information content (AvgIpc) is 3.17. The van der Waals surface area contributed by atoms with Gasteiger partial charge < -0.3 is 24.0 Å². The Labute approximate surface area is 146 Å². The Morgan fingerprint density at radius 3 is 2.68 bits per heavy atom. The fraction of sp³-hybridized carbons (Fsp3) is 0.556. The van der Waals surface area contributed by atoms with Crippen molar-refractivity contribution in [2.45, 2.75) is 31.3 Å². The molecule has 0 aromatic heterocycles. The first-order valence-electron chi connectivity index (χ1n) is 8.65. The molecule has 1 aromatic rings. The molecule has 0 radical (unpaired) electrons. The molecule has 0 atom stereocenters. The van der Waals surface area contributed by atoms with Crippen LogP contribution in [-0.2, 0) is 16.0 Å². The van der Waals surface area contributed by atoms with Gasteiger partial charge in [0.15, 0.2) is 11.5 Å². The molecule has 3 aliphatic rings. The molecular formula is C18H22N2O5. The molecule has 0 N–H and O–H groups in total. The summed E-state index contributed by atoms with van der Waals surface area (Å²) in [5.41, 5.74) is 0.664. The number of carbonyl (C=O) groups is 2. The summed E-state index contributed by atoms with van der Waals surface area (Å²) in [6.45, 7) is 2.15. The zero-order valence-electron chi connectivity index (χ0n) is 14.3. The third-order valence-electron chi connectivity index (χ3n) is 5.23. The third-order valence-corrected chi connectivity index (χ3v) is 5.23. The van der Waals surface area contributed by atoms with E-state index in [4.69, 9.17) is 14.2 Å². The number of fused-ring (bicyclic) bond motifs is 1. The lowest BCUT2D eigenvalue weighted by Gasteiger charge is -2.37. The standard InChI is InChI=1S/C18H22N2O5/c1-19-11-18(25-17(19)22)6-8-20(9-7-18)16(21)5-3-13-2-4-14-15(10-13)24-12-23-14/h2,4,10H,3,5-9,11-12H2,1H3. The normalized spacial score (nSPS) is 20.9. The summed E-state index contributed by atoms with van der Waals surface area (Å²) >= 11 is 0. The highest BCUT2D eigenvalue weighted by molar-refractivity contribution is 5.77. The van der Waals surface area contributed by atoms with E-state index in [1.54, 1.807) is 11.9 Å². The second-order valence-electron chi connectivity index (χ2n) is 6.98. The maximum Gasteiger partial charge on any atom is 0.410 e. The van der Waals surface area contributed by atoms with E-state index in [2.05, 4.69) is 0 Å². The van der Waals surface area contributed by atoms with Gasteiger partial charge >= 0.3 is 6.09 Å². The maximum absolute atomic E-state index is 12.5. The Morgan fingerprint density at radius 2 is 1.96 bits per heavy atom. The van der Waals surface area contributed by atoms with Gasteiger partial charge in [-0.25, -0.2) is 4.79 Å². The molecule has 7 nitrogen and oxygen atoms in total. The highest BCUT2D eigenvalue weighted by Gasteiger charge is 2.46. The lowest BCUT2D eigenvalue weighted by Crippen LogP contribution is -2.48. The van der Waals surface area contributed by atoms with Gasteiger partial charge in [0.1, 0.15) is 5.60 Å². The lowest BCUT2D eigenvalue weighted by atomic mass is 9.91. The van der Waals surface area contributed by atoms with E-state index in [1.807, 2.05) is 23.1 Å². The number of carbonyl (C=O) groups excluding carboxylic acids is 2. The number of aryl methyl sites for hydroxylation is 1. The van der Waals surface area contributed by atoms with Gasteiger partial charge in [0.05, 0.1) is 6.54 Å². The van der Waals surface area contributed by atoms with Crippen molar-refractivity contribution in [1.82, 2.24) is 9.80 Å². The number of piperidine rings is 1. The SMILES string of the molecule is CN1CC2(CCN(C(=O)CCc3ccc4c(c3)OCO4)CC2)OC1=O. The van der Waals surface area contributed by atoms with Gasteiger partial charge in [0.25, 0.3) is 0 Å². The predicted octanol–water partition coefficient (Wildman–Crippen LogP) is 1.79. The number of hydrogen-bond acceptors (Lipinski definition) is 5. The van der Waals surface area contributed by atoms with Crippen LogP contribution in [0.3, 0.4) is 0 Å². The summed E-state index contributed by atoms with van der Waals surface area (Å²) in [5, 5.41) is 0. The van der Waals surface area contributed by atoms with Crippen molar-refractivity contribution in [1.29, 1.82) is 0 Å². The van der Waals surface area contributed by atoms with Crippen molar-refractivity contribution in [3.8, 4) is 11.5 Å². The van der Waals surface area contributed by atoms with E-state index >= 15 is 0 Å². The first kappa shape index (κ1) is 16.1. The molecule has 0 saturated carbocycles. The number of nitrogens with zero attached hydrogens (tertiary/aromatic N) is 2. The minimum absolute atomic E-state index is 0.144. The minimum Gasteiger partial charge on any atom is -0.454 e. The first-order chi connectivity index (χ1) is 12.0. The van der Waals surface area contributed by atoms with Crippen molar-refractivity contribution in [2.75, 3.05) is 33.5 Å². The van der Waals surface area contributed by atoms with Crippen LogP contribution in [0.25, 0.3) is 0 Å². The summed E-state index contributed by atoms with van der Waals surface area (Å²) in [6.07, 6.45) is 2.29. The highest BCUT2D eigenvalue weighted by atomic mass is 16.7. The molecule has 2 amide bonds. The molecule has 4 rings (SSSR count). The van der Waals surface area contributed by atoms with Gasteiger partial charge in [-0.2, -0.15) is 0 Å². The van der Waals surface area contributed by atoms with Crippen LogP contribution in [0, 0.1) is 0 Å². The van der Waals surface area contributed by atoms with E-state index in [0.29, 0.717) is 45.3 Å². The van der Waals surface area contributed by atoms with Crippen LogP contribution in [0.1, 0.15) is 24.8 Å². The zero-order valence-corrected chi connectivity index (χ0v) is 14.3. The lowest BCUT2D eigenvalue weighted by molar-refractivity contribution is -0.134. The summed E-state index contributed by atoms with van der Waals surface area (Å²) in [5.74, 6) is 1.65. The average molecular weight is 346 g/mol. The number of rotatable bonds is 3. The zero-order chi connectivity index (χ0) is 17.4. The molecule has 0 unspecified atom stereocenters. The number of likely N-dealkylation sites (tertiary alicyclic amines) is 1. The third kappa shape index (κ3) is 3.10. The van der Waals surface area contributed by atoms with Gasteiger partial charge in [-0.3, -0.25) is 4.79 Å². The van der Waals surface area contributed by atoms with Crippen molar-refractivity contribution < 1.29 is 23.8 Å². The topological polar surface area (TPSA) is 68.3 Å². The monoisotopic (exact) mass is 346 g/mol. The fourth-order valence-corrected chi connectivity index (χ4v) is 3.72. The van der Waals surface area contributed by atoms with Crippen LogP contribution >= 0.6 is 0 Å².